The number of hydrogen-bond donors (Lipinski definition) is 2. The van der Waals surface area contributed by atoms with Crippen LogP contribution in [0, 0.1) is 16.4 Å². The molecule has 1 aliphatic rings. The Bertz CT molecular complexity index is 819. The van der Waals surface area contributed by atoms with Crippen molar-refractivity contribution in [3.8, 4) is 0 Å². The van der Waals surface area contributed by atoms with Crippen molar-refractivity contribution in [3.05, 3.63) is 55.6 Å². The summed E-state index contributed by atoms with van der Waals surface area (Å²) < 4.78 is 1.74. The first-order valence-electron chi connectivity index (χ1n) is 7.62. The second kappa shape index (κ2) is 7.23. The van der Waals surface area contributed by atoms with E-state index in [9.17, 15) is 9.59 Å². The first-order valence-corrected chi connectivity index (χ1v) is 9.49. The van der Waals surface area contributed by atoms with Crippen molar-refractivity contribution >= 4 is 61.7 Å². The van der Waals surface area contributed by atoms with Gasteiger partial charge in [0.05, 0.1) is 5.56 Å². The maximum atomic E-state index is 12.6. The fourth-order valence-electron chi connectivity index (χ4n) is 2.29. The van der Waals surface area contributed by atoms with Crippen molar-refractivity contribution in [1.29, 1.82) is 0 Å². The molecule has 1 fully saturated rings. The molecule has 2 N–H and O–H groups in total. The van der Waals surface area contributed by atoms with Crippen LogP contribution in [-0.2, 0) is 4.79 Å². The van der Waals surface area contributed by atoms with Crippen molar-refractivity contribution in [2.45, 2.75) is 19.8 Å². The lowest BCUT2D eigenvalue weighted by Crippen LogP contribution is -2.16. The molecule has 2 aromatic rings. The molecule has 4 nitrogen and oxygen atoms in total. The van der Waals surface area contributed by atoms with Gasteiger partial charge in [-0.1, -0.05) is 22.0 Å². The summed E-state index contributed by atoms with van der Waals surface area (Å²) in [5.41, 5.74) is 2.95. The van der Waals surface area contributed by atoms with Gasteiger partial charge in [-0.2, -0.15) is 0 Å². The van der Waals surface area contributed by atoms with E-state index >= 15 is 0 Å². The molecule has 0 aliphatic heterocycles. The molecule has 0 bridgehead atoms. The van der Waals surface area contributed by atoms with Crippen LogP contribution in [0.3, 0.4) is 0 Å². The zero-order chi connectivity index (χ0) is 17.3. The maximum absolute atomic E-state index is 12.6. The summed E-state index contributed by atoms with van der Waals surface area (Å²) in [6, 6.07) is 11.1. The van der Waals surface area contributed by atoms with E-state index < -0.39 is 0 Å². The summed E-state index contributed by atoms with van der Waals surface area (Å²) in [5, 5.41) is 5.84. The van der Waals surface area contributed by atoms with Crippen molar-refractivity contribution < 1.29 is 9.59 Å². The number of hydrogen-bond acceptors (Lipinski definition) is 2. The van der Waals surface area contributed by atoms with Crippen molar-refractivity contribution in [2.75, 3.05) is 10.6 Å². The standard InChI is InChI=1S/C18H16BrIN2O2/c1-10-2-6-13(21-17(23)11-3-4-11)9-16(10)22-18(24)14-8-12(19)5-7-15(14)20/h2,5-9,11H,3-4H2,1H3,(H,21,23)(H,22,24). The topological polar surface area (TPSA) is 58.2 Å². The summed E-state index contributed by atoms with van der Waals surface area (Å²) in [7, 11) is 0. The van der Waals surface area contributed by atoms with E-state index in [1.165, 1.54) is 0 Å². The van der Waals surface area contributed by atoms with Crippen LogP contribution in [0.5, 0.6) is 0 Å². The number of rotatable bonds is 4. The highest BCUT2D eigenvalue weighted by molar-refractivity contribution is 14.1. The number of carbonyl (C=O) groups is 2. The number of benzene rings is 2. The fourth-order valence-corrected chi connectivity index (χ4v) is 3.23. The highest BCUT2D eigenvalue weighted by Crippen LogP contribution is 2.31. The fraction of sp³-hybridized carbons (Fsp3) is 0.222. The lowest BCUT2D eigenvalue weighted by atomic mass is 10.1. The lowest BCUT2D eigenvalue weighted by Gasteiger charge is -2.12. The third-order valence-corrected chi connectivity index (χ3v) is 5.31. The summed E-state index contributed by atoms with van der Waals surface area (Å²) >= 11 is 5.53. The van der Waals surface area contributed by atoms with Crippen LogP contribution in [0.2, 0.25) is 0 Å². The highest BCUT2D eigenvalue weighted by Gasteiger charge is 2.29. The predicted molar refractivity (Wildman–Crippen MR) is 107 cm³/mol. The van der Waals surface area contributed by atoms with E-state index in [1.807, 2.05) is 31.2 Å². The molecule has 0 aromatic heterocycles. The Morgan fingerprint density at radius 1 is 1.12 bits per heavy atom. The number of halogens is 2. The van der Waals surface area contributed by atoms with Gasteiger partial charge < -0.3 is 10.6 Å². The van der Waals surface area contributed by atoms with Crippen LogP contribution in [0.25, 0.3) is 0 Å². The molecule has 1 aliphatic carbocycles. The van der Waals surface area contributed by atoms with Gasteiger partial charge in [0.15, 0.2) is 0 Å². The second-order valence-corrected chi connectivity index (χ2v) is 7.95. The molecule has 0 unspecified atom stereocenters. The minimum Gasteiger partial charge on any atom is -0.326 e. The van der Waals surface area contributed by atoms with Crippen molar-refractivity contribution in [2.24, 2.45) is 5.92 Å². The molecule has 6 heteroatoms. The molecule has 0 heterocycles. The van der Waals surface area contributed by atoms with Gasteiger partial charge in [-0.15, -0.1) is 0 Å². The minimum atomic E-state index is -0.172. The van der Waals surface area contributed by atoms with Gasteiger partial charge in [0.2, 0.25) is 5.91 Å². The van der Waals surface area contributed by atoms with Crippen LogP contribution >= 0.6 is 38.5 Å². The second-order valence-electron chi connectivity index (χ2n) is 5.87. The van der Waals surface area contributed by atoms with Gasteiger partial charge in [0, 0.05) is 25.3 Å². The lowest BCUT2D eigenvalue weighted by molar-refractivity contribution is -0.117. The molecule has 0 atom stereocenters. The summed E-state index contributed by atoms with van der Waals surface area (Å²) in [4.78, 5) is 24.5. The van der Waals surface area contributed by atoms with Gasteiger partial charge >= 0.3 is 0 Å². The average Bonchev–Trinajstić information content (AvgIpc) is 3.37. The summed E-state index contributed by atoms with van der Waals surface area (Å²) in [5.74, 6) is 0.0275. The number of aryl methyl sites for hydroxylation is 1. The normalized spacial score (nSPS) is 13.5. The summed E-state index contributed by atoms with van der Waals surface area (Å²) in [6.07, 6.45) is 1.92. The Balaban J connectivity index is 1.79. The first-order chi connectivity index (χ1) is 11.4. The molecular formula is C18H16BrIN2O2. The van der Waals surface area contributed by atoms with Crippen LogP contribution in [0.15, 0.2) is 40.9 Å². The van der Waals surface area contributed by atoms with E-state index in [-0.39, 0.29) is 17.7 Å². The van der Waals surface area contributed by atoms with Gasteiger partial charge in [-0.3, -0.25) is 9.59 Å². The molecule has 24 heavy (non-hydrogen) atoms. The Kier molecular flexibility index (Phi) is 5.24. The molecule has 0 radical (unpaired) electrons. The number of amides is 2. The first kappa shape index (κ1) is 17.4. The van der Waals surface area contributed by atoms with E-state index in [4.69, 9.17) is 0 Å². The molecule has 2 amide bonds. The third-order valence-electron chi connectivity index (χ3n) is 3.87. The third kappa shape index (κ3) is 4.16. The predicted octanol–water partition coefficient (Wildman–Crippen LogP) is 4.96. The molecular weight excluding hydrogens is 483 g/mol. The number of anilines is 2. The number of nitrogens with one attached hydrogen (secondary N) is 2. The zero-order valence-corrected chi connectivity index (χ0v) is 16.8. The number of carbonyl (C=O) groups excluding carboxylic acids is 2. The van der Waals surface area contributed by atoms with Gasteiger partial charge in [0.25, 0.3) is 5.91 Å². The molecule has 3 rings (SSSR count). The Labute approximate surface area is 162 Å². The van der Waals surface area contributed by atoms with Crippen LogP contribution in [-0.4, -0.2) is 11.8 Å². The largest absolute Gasteiger partial charge is 0.326 e. The van der Waals surface area contributed by atoms with E-state index in [1.54, 1.807) is 12.1 Å². The quantitative estimate of drug-likeness (QED) is 0.585. The van der Waals surface area contributed by atoms with Crippen LogP contribution in [0.4, 0.5) is 11.4 Å². The van der Waals surface area contributed by atoms with Crippen LogP contribution in [0.1, 0.15) is 28.8 Å². The Morgan fingerprint density at radius 2 is 1.88 bits per heavy atom. The molecule has 0 spiro atoms. The SMILES string of the molecule is Cc1ccc(NC(=O)C2CC2)cc1NC(=O)c1cc(Br)ccc1I. The van der Waals surface area contributed by atoms with Crippen molar-refractivity contribution in [1.82, 2.24) is 0 Å². The van der Waals surface area contributed by atoms with Crippen molar-refractivity contribution in [3.63, 3.8) is 0 Å². The zero-order valence-electron chi connectivity index (χ0n) is 13.0. The highest BCUT2D eigenvalue weighted by atomic mass is 127. The van der Waals surface area contributed by atoms with E-state index in [0.29, 0.717) is 16.9 Å². The monoisotopic (exact) mass is 498 g/mol. The maximum Gasteiger partial charge on any atom is 0.256 e. The van der Waals surface area contributed by atoms with Crippen LogP contribution < -0.4 is 10.6 Å². The molecule has 2 aromatic carbocycles. The molecule has 0 saturated heterocycles. The van der Waals surface area contributed by atoms with E-state index in [0.717, 1.165) is 26.4 Å². The Hall–Kier alpha value is -1.41. The smallest absolute Gasteiger partial charge is 0.256 e. The minimum absolute atomic E-state index is 0.0534. The molecule has 124 valence electrons. The van der Waals surface area contributed by atoms with Gasteiger partial charge in [-0.05, 0) is 78.3 Å². The van der Waals surface area contributed by atoms with Gasteiger partial charge in [-0.25, -0.2) is 0 Å². The molecule has 1 saturated carbocycles. The Morgan fingerprint density at radius 3 is 2.58 bits per heavy atom. The average molecular weight is 499 g/mol. The van der Waals surface area contributed by atoms with E-state index in [2.05, 4.69) is 49.2 Å². The summed E-state index contributed by atoms with van der Waals surface area (Å²) in [6.45, 7) is 1.92. The van der Waals surface area contributed by atoms with Gasteiger partial charge in [0.1, 0.15) is 0 Å².